The molecule has 6 heteroatoms. The van der Waals surface area contributed by atoms with Crippen molar-refractivity contribution in [2.24, 2.45) is 0 Å². The Balaban J connectivity index is 1.81. The lowest BCUT2D eigenvalue weighted by atomic mass is 10.1. The highest BCUT2D eigenvalue weighted by atomic mass is 32.2. The normalized spacial score (nSPS) is 20.1. The highest BCUT2D eigenvalue weighted by Gasteiger charge is 2.30. The number of nitrogens with zero attached hydrogens (tertiary/aromatic N) is 2. The first-order chi connectivity index (χ1) is 10.1. The summed E-state index contributed by atoms with van der Waals surface area (Å²) < 4.78 is 26.5. The van der Waals surface area contributed by atoms with Crippen molar-refractivity contribution in [1.82, 2.24) is 4.31 Å². The van der Waals surface area contributed by atoms with Crippen molar-refractivity contribution in [2.45, 2.75) is 37.0 Å². The lowest BCUT2D eigenvalue weighted by molar-refractivity contribution is 0.538. The van der Waals surface area contributed by atoms with Gasteiger partial charge in [0, 0.05) is 31.7 Å². The first kappa shape index (κ1) is 14.8. The van der Waals surface area contributed by atoms with Crippen molar-refractivity contribution in [3.63, 3.8) is 0 Å². The summed E-state index contributed by atoms with van der Waals surface area (Å²) in [5, 5.41) is 0. The molecule has 0 bridgehead atoms. The Morgan fingerprint density at radius 1 is 0.905 bits per heavy atom. The van der Waals surface area contributed by atoms with Gasteiger partial charge in [0.05, 0.1) is 9.88 Å². The summed E-state index contributed by atoms with van der Waals surface area (Å²) in [7, 11) is -3.46. The lowest BCUT2D eigenvalue weighted by Gasteiger charge is -2.29. The van der Waals surface area contributed by atoms with Gasteiger partial charge in [0.1, 0.15) is 0 Å². The fourth-order valence-electron chi connectivity index (χ4n) is 2.99. The second-order valence-electron chi connectivity index (χ2n) is 5.62. The summed E-state index contributed by atoms with van der Waals surface area (Å²) >= 11 is 5.16. The van der Waals surface area contributed by atoms with Gasteiger partial charge in [-0.15, -0.1) is 0 Å². The molecule has 4 nitrogen and oxygen atoms in total. The van der Waals surface area contributed by atoms with E-state index >= 15 is 0 Å². The van der Waals surface area contributed by atoms with Gasteiger partial charge in [-0.05, 0) is 49.9 Å². The van der Waals surface area contributed by atoms with Crippen molar-refractivity contribution in [3.8, 4) is 0 Å². The molecule has 0 spiro atoms. The number of anilines is 1. The Hall–Kier alpha value is -1.14. The third-order valence-electron chi connectivity index (χ3n) is 4.18. The van der Waals surface area contributed by atoms with Crippen LogP contribution in [0, 0.1) is 0 Å². The maximum absolute atomic E-state index is 12.6. The topological polar surface area (TPSA) is 40.6 Å². The van der Waals surface area contributed by atoms with Crippen LogP contribution in [0.25, 0.3) is 0 Å². The molecule has 0 unspecified atom stereocenters. The minimum absolute atomic E-state index is 0.340. The van der Waals surface area contributed by atoms with E-state index in [9.17, 15) is 8.42 Å². The monoisotopic (exact) mass is 324 g/mol. The van der Waals surface area contributed by atoms with Crippen molar-refractivity contribution in [1.29, 1.82) is 0 Å². The zero-order valence-corrected chi connectivity index (χ0v) is 13.6. The Labute approximate surface area is 131 Å². The molecule has 0 aromatic heterocycles. The van der Waals surface area contributed by atoms with E-state index in [2.05, 4.69) is 4.90 Å². The zero-order chi connectivity index (χ0) is 14.9. The smallest absolute Gasteiger partial charge is 0.264 e. The maximum Gasteiger partial charge on any atom is 0.264 e. The van der Waals surface area contributed by atoms with E-state index < -0.39 is 10.0 Å². The molecule has 21 heavy (non-hydrogen) atoms. The maximum atomic E-state index is 12.6. The van der Waals surface area contributed by atoms with Gasteiger partial charge < -0.3 is 4.90 Å². The van der Waals surface area contributed by atoms with Crippen LogP contribution in [0.15, 0.2) is 29.2 Å². The number of rotatable bonds is 3. The fraction of sp³-hybridized carbons (Fsp3) is 0.533. The Kier molecular flexibility index (Phi) is 4.17. The van der Waals surface area contributed by atoms with Crippen molar-refractivity contribution >= 4 is 32.9 Å². The van der Waals surface area contributed by atoms with Crippen molar-refractivity contribution in [3.05, 3.63) is 24.3 Å². The molecule has 2 saturated heterocycles. The second-order valence-corrected chi connectivity index (χ2v) is 7.95. The van der Waals surface area contributed by atoms with Crippen LogP contribution in [-0.4, -0.2) is 37.3 Å². The van der Waals surface area contributed by atoms with Crippen LogP contribution in [0.3, 0.4) is 0 Å². The van der Waals surface area contributed by atoms with E-state index in [0.717, 1.165) is 25.2 Å². The Morgan fingerprint density at radius 2 is 1.57 bits per heavy atom. The van der Waals surface area contributed by atoms with Crippen LogP contribution in [0.2, 0.25) is 0 Å². The molecule has 0 atom stereocenters. The first-order valence-electron chi connectivity index (χ1n) is 7.49. The van der Waals surface area contributed by atoms with Crippen LogP contribution in [-0.2, 0) is 10.0 Å². The highest BCUT2D eigenvalue weighted by molar-refractivity contribution is 7.91. The molecular formula is C15H20N2O2S2. The van der Waals surface area contributed by atoms with Gasteiger partial charge in [0.2, 0.25) is 0 Å². The number of piperidine rings is 1. The van der Waals surface area contributed by atoms with E-state index in [1.165, 1.54) is 23.6 Å². The number of hydrogen-bond acceptors (Lipinski definition) is 4. The molecule has 3 rings (SSSR count). The molecule has 2 heterocycles. The van der Waals surface area contributed by atoms with Crippen LogP contribution in [0.4, 0.5) is 5.69 Å². The fourth-order valence-corrected chi connectivity index (χ4v) is 4.98. The van der Waals surface area contributed by atoms with Crippen molar-refractivity contribution in [2.75, 3.05) is 24.5 Å². The molecule has 2 aliphatic rings. The molecule has 0 radical (unpaired) electrons. The second kappa shape index (κ2) is 5.93. The average Bonchev–Trinajstić information content (AvgIpc) is 2.95. The number of benzene rings is 1. The van der Waals surface area contributed by atoms with Gasteiger partial charge in [0.15, 0.2) is 0 Å². The van der Waals surface area contributed by atoms with Crippen molar-refractivity contribution < 1.29 is 8.42 Å². The summed E-state index contributed by atoms with van der Waals surface area (Å²) in [6, 6.07) is 7.25. The predicted molar refractivity (Wildman–Crippen MR) is 88.2 cm³/mol. The molecule has 0 saturated carbocycles. The minimum Gasteiger partial charge on any atom is -0.372 e. The Morgan fingerprint density at radius 3 is 2.14 bits per heavy atom. The summed E-state index contributed by atoms with van der Waals surface area (Å²) in [6.07, 6.45) is 5.23. The lowest BCUT2D eigenvalue weighted by Crippen LogP contribution is -2.31. The molecule has 0 N–H and O–H groups in total. The number of sulfonamides is 1. The third-order valence-corrected chi connectivity index (χ3v) is 6.57. The Bertz CT molecular complexity index is 620. The highest BCUT2D eigenvalue weighted by Crippen LogP contribution is 2.26. The van der Waals surface area contributed by atoms with Crippen LogP contribution in [0.1, 0.15) is 32.1 Å². The summed E-state index contributed by atoms with van der Waals surface area (Å²) in [5.74, 6) is 0. The standard InChI is InChI=1S/C15H20N2O2S2/c18-21(19,17-12-4-5-15(17)20)14-8-6-13(7-9-14)16-10-2-1-3-11-16/h6-9H,1-5,10-12H2. The molecule has 114 valence electrons. The van der Waals surface area contributed by atoms with E-state index in [4.69, 9.17) is 12.2 Å². The van der Waals surface area contributed by atoms with E-state index in [1.54, 1.807) is 12.1 Å². The van der Waals surface area contributed by atoms with E-state index in [0.29, 0.717) is 22.8 Å². The minimum atomic E-state index is -3.46. The van der Waals surface area contributed by atoms with Gasteiger partial charge in [0.25, 0.3) is 10.0 Å². The van der Waals surface area contributed by atoms with Gasteiger partial charge >= 0.3 is 0 Å². The molecule has 2 fully saturated rings. The van der Waals surface area contributed by atoms with Gasteiger partial charge in [-0.25, -0.2) is 8.42 Å². The van der Waals surface area contributed by atoms with Gasteiger partial charge in [-0.2, -0.15) is 0 Å². The number of thiocarbonyl (C=S) groups is 1. The molecular weight excluding hydrogens is 304 g/mol. The zero-order valence-electron chi connectivity index (χ0n) is 12.0. The van der Waals surface area contributed by atoms with Crippen LogP contribution in [0.5, 0.6) is 0 Å². The summed E-state index contributed by atoms with van der Waals surface area (Å²) in [5.41, 5.74) is 1.11. The molecule has 0 aliphatic carbocycles. The quantitative estimate of drug-likeness (QED) is 0.802. The average molecular weight is 324 g/mol. The van der Waals surface area contributed by atoms with Crippen LogP contribution >= 0.6 is 12.2 Å². The largest absolute Gasteiger partial charge is 0.372 e. The van der Waals surface area contributed by atoms with Crippen LogP contribution < -0.4 is 4.90 Å². The molecule has 1 aromatic carbocycles. The number of hydrogen-bond donors (Lipinski definition) is 0. The molecule has 2 aliphatic heterocycles. The first-order valence-corrected chi connectivity index (χ1v) is 9.34. The van der Waals surface area contributed by atoms with E-state index in [-0.39, 0.29) is 0 Å². The third kappa shape index (κ3) is 2.92. The summed E-state index contributed by atoms with van der Waals surface area (Å²) in [4.78, 5) is 3.20. The predicted octanol–water partition coefficient (Wildman–Crippen LogP) is 2.79. The van der Waals surface area contributed by atoms with Gasteiger partial charge in [-0.1, -0.05) is 12.2 Å². The summed E-state index contributed by atoms with van der Waals surface area (Å²) in [6.45, 7) is 2.62. The SMILES string of the molecule is O=S(=O)(c1ccc(N2CCCCC2)cc1)N1CCCC1=S. The van der Waals surface area contributed by atoms with E-state index in [1.807, 2.05) is 12.1 Å². The molecule has 0 amide bonds. The van der Waals surface area contributed by atoms with Gasteiger partial charge in [-0.3, -0.25) is 4.31 Å². The molecule has 1 aromatic rings.